The van der Waals surface area contributed by atoms with Gasteiger partial charge in [-0.3, -0.25) is 4.79 Å². The average molecular weight is 312 g/mol. The number of benzene rings is 2. The lowest BCUT2D eigenvalue weighted by Crippen LogP contribution is -2.38. The van der Waals surface area contributed by atoms with Crippen LogP contribution in [-0.4, -0.2) is 23.1 Å². The maximum absolute atomic E-state index is 11.9. The van der Waals surface area contributed by atoms with Crippen LogP contribution in [0.25, 0.3) is 11.1 Å². The molecule has 0 aliphatic rings. The largest absolute Gasteiger partial charge is 0.481 e. The first-order chi connectivity index (χ1) is 11.1. The van der Waals surface area contributed by atoms with Gasteiger partial charge in [0.05, 0.1) is 6.42 Å². The third-order valence-corrected chi connectivity index (χ3v) is 3.50. The molecule has 1 atom stereocenters. The Morgan fingerprint density at radius 1 is 1.00 bits per heavy atom. The molecule has 0 aliphatic carbocycles. The zero-order chi connectivity index (χ0) is 16.7. The molecular weight excluding hydrogens is 292 g/mol. The van der Waals surface area contributed by atoms with Crippen molar-refractivity contribution in [1.82, 2.24) is 5.32 Å². The third kappa shape index (κ3) is 5.14. The van der Waals surface area contributed by atoms with Gasteiger partial charge in [-0.1, -0.05) is 49.4 Å². The number of urea groups is 1. The van der Waals surface area contributed by atoms with E-state index in [0.717, 1.165) is 11.1 Å². The summed E-state index contributed by atoms with van der Waals surface area (Å²) < 4.78 is 0. The molecule has 2 amide bonds. The van der Waals surface area contributed by atoms with Gasteiger partial charge < -0.3 is 15.7 Å². The SMILES string of the molecule is CC[C@@H](CC(=O)O)NC(=O)Nc1ccc(-c2ccccc2)cc1. The maximum atomic E-state index is 11.9. The zero-order valence-electron chi connectivity index (χ0n) is 13.0. The molecule has 2 rings (SSSR count). The van der Waals surface area contributed by atoms with E-state index < -0.39 is 12.0 Å². The first-order valence-electron chi connectivity index (χ1n) is 7.53. The first kappa shape index (κ1) is 16.5. The fourth-order valence-corrected chi connectivity index (χ4v) is 2.24. The summed E-state index contributed by atoms with van der Waals surface area (Å²) in [6.45, 7) is 1.84. The van der Waals surface area contributed by atoms with E-state index >= 15 is 0 Å². The predicted molar refractivity (Wildman–Crippen MR) is 90.4 cm³/mol. The summed E-state index contributed by atoms with van der Waals surface area (Å²) in [7, 11) is 0. The number of hydrogen-bond donors (Lipinski definition) is 3. The lowest BCUT2D eigenvalue weighted by molar-refractivity contribution is -0.137. The molecule has 0 spiro atoms. The number of rotatable bonds is 6. The molecule has 2 aromatic carbocycles. The lowest BCUT2D eigenvalue weighted by atomic mass is 10.1. The Bertz CT molecular complexity index is 654. The van der Waals surface area contributed by atoms with Crippen LogP contribution in [0.1, 0.15) is 19.8 Å². The minimum atomic E-state index is -0.927. The number of carboxylic acid groups (broad SMARTS) is 1. The van der Waals surface area contributed by atoms with E-state index in [1.807, 2.05) is 61.5 Å². The number of carbonyl (C=O) groups is 2. The van der Waals surface area contributed by atoms with Gasteiger partial charge in [-0.25, -0.2) is 4.79 Å². The second-order valence-corrected chi connectivity index (χ2v) is 5.24. The number of carboxylic acids is 1. The highest BCUT2D eigenvalue weighted by molar-refractivity contribution is 5.90. The summed E-state index contributed by atoms with van der Waals surface area (Å²) in [6.07, 6.45) is 0.476. The maximum Gasteiger partial charge on any atom is 0.319 e. The molecule has 3 N–H and O–H groups in total. The Labute approximate surface area is 135 Å². The van der Waals surface area contributed by atoms with Crippen molar-refractivity contribution in [3.05, 3.63) is 54.6 Å². The minimum absolute atomic E-state index is 0.0864. The van der Waals surface area contributed by atoms with Gasteiger partial charge in [0.25, 0.3) is 0 Å². The van der Waals surface area contributed by atoms with Crippen LogP contribution in [0.2, 0.25) is 0 Å². The highest BCUT2D eigenvalue weighted by atomic mass is 16.4. The molecule has 0 radical (unpaired) electrons. The standard InChI is InChI=1S/C18H20N2O3/c1-2-15(12-17(21)22)19-18(23)20-16-10-8-14(9-11-16)13-6-4-3-5-7-13/h3-11,15H,2,12H2,1H3,(H,21,22)(H2,19,20,23)/t15-/m0/s1. The highest BCUT2D eigenvalue weighted by Gasteiger charge is 2.13. The van der Waals surface area contributed by atoms with Gasteiger partial charge in [0.15, 0.2) is 0 Å². The summed E-state index contributed by atoms with van der Waals surface area (Å²) in [5.41, 5.74) is 2.83. The van der Waals surface area contributed by atoms with E-state index in [-0.39, 0.29) is 12.5 Å². The van der Waals surface area contributed by atoms with Crippen LogP contribution in [0.3, 0.4) is 0 Å². The van der Waals surface area contributed by atoms with Crippen LogP contribution in [-0.2, 0) is 4.79 Å². The zero-order valence-corrected chi connectivity index (χ0v) is 13.0. The van der Waals surface area contributed by atoms with Crippen molar-refractivity contribution in [1.29, 1.82) is 0 Å². The van der Waals surface area contributed by atoms with Crippen molar-refractivity contribution in [2.45, 2.75) is 25.8 Å². The average Bonchev–Trinajstić information content (AvgIpc) is 2.55. The molecule has 0 unspecified atom stereocenters. The van der Waals surface area contributed by atoms with Crippen LogP contribution >= 0.6 is 0 Å². The number of aliphatic carboxylic acids is 1. The Kier molecular flexibility index (Phi) is 5.74. The minimum Gasteiger partial charge on any atom is -0.481 e. The number of amides is 2. The summed E-state index contributed by atoms with van der Waals surface area (Å²) >= 11 is 0. The van der Waals surface area contributed by atoms with Gasteiger partial charge in [-0.2, -0.15) is 0 Å². The van der Waals surface area contributed by atoms with E-state index in [4.69, 9.17) is 5.11 Å². The van der Waals surface area contributed by atoms with Gasteiger partial charge in [0, 0.05) is 11.7 Å². The summed E-state index contributed by atoms with van der Waals surface area (Å²) in [5, 5.41) is 14.2. The highest BCUT2D eigenvalue weighted by Crippen LogP contribution is 2.20. The van der Waals surface area contributed by atoms with Crippen molar-refractivity contribution in [2.24, 2.45) is 0 Å². The summed E-state index contributed by atoms with van der Waals surface area (Å²) in [5.74, 6) is -0.927. The molecule has 0 fully saturated rings. The number of anilines is 1. The van der Waals surface area contributed by atoms with E-state index in [9.17, 15) is 9.59 Å². The fourth-order valence-electron chi connectivity index (χ4n) is 2.24. The van der Waals surface area contributed by atoms with Crippen LogP contribution in [0.4, 0.5) is 10.5 Å². The van der Waals surface area contributed by atoms with Gasteiger partial charge in [-0.05, 0) is 29.7 Å². The summed E-state index contributed by atoms with van der Waals surface area (Å²) in [4.78, 5) is 22.6. The molecule has 0 saturated heterocycles. The monoisotopic (exact) mass is 312 g/mol. The Balaban J connectivity index is 1.95. The van der Waals surface area contributed by atoms with Crippen molar-refractivity contribution in [3.8, 4) is 11.1 Å². The van der Waals surface area contributed by atoms with Gasteiger partial charge >= 0.3 is 12.0 Å². The quantitative estimate of drug-likeness (QED) is 0.760. The number of hydrogen-bond acceptors (Lipinski definition) is 2. The first-order valence-corrected chi connectivity index (χ1v) is 7.53. The van der Waals surface area contributed by atoms with Crippen molar-refractivity contribution in [3.63, 3.8) is 0 Å². The van der Waals surface area contributed by atoms with Gasteiger partial charge in [0.1, 0.15) is 0 Å². The topological polar surface area (TPSA) is 78.4 Å². The van der Waals surface area contributed by atoms with E-state index in [1.54, 1.807) is 0 Å². The van der Waals surface area contributed by atoms with Crippen molar-refractivity contribution >= 4 is 17.7 Å². The third-order valence-electron chi connectivity index (χ3n) is 3.50. The van der Waals surface area contributed by atoms with Crippen molar-refractivity contribution < 1.29 is 14.7 Å². The molecule has 0 heterocycles. The smallest absolute Gasteiger partial charge is 0.319 e. The second kappa shape index (κ2) is 7.98. The van der Waals surface area contributed by atoms with E-state index in [0.29, 0.717) is 12.1 Å². The predicted octanol–water partition coefficient (Wildman–Crippen LogP) is 3.73. The fraction of sp³-hybridized carbons (Fsp3) is 0.222. The van der Waals surface area contributed by atoms with E-state index in [2.05, 4.69) is 10.6 Å². The molecular formula is C18H20N2O3. The number of nitrogens with one attached hydrogen (secondary N) is 2. The lowest BCUT2D eigenvalue weighted by Gasteiger charge is -2.15. The Morgan fingerprint density at radius 3 is 2.17 bits per heavy atom. The van der Waals surface area contributed by atoms with Crippen LogP contribution < -0.4 is 10.6 Å². The molecule has 5 heteroatoms. The molecule has 0 aliphatic heterocycles. The van der Waals surface area contributed by atoms with Crippen LogP contribution in [0, 0.1) is 0 Å². The molecule has 23 heavy (non-hydrogen) atoms. The molecule has 5 nitrogen and oxygen atoms in total. The molecule has 2 aromatic rings. The van der Waals surface area contributed by atoms with Crippen LogP contribution in [0.5, 0.6) is 0 Å². The van der Waals surface area contributed by atoms with Gasteiger partial charge in [-0.15, -0.1) is 0 Å². The van der Waals surface area contributed by atoms with Crippen LogP contribution in [0.15, 0.2) is 54.6 Å². The molecule has 120 valence electrons. The Morgan fingerprint density at radius 2 is 1.61 bits per heavy atom. The molecule has 0 saturated carbocycles. The van der Waals surface area contributed by atoms with Crippen molar-refractivity contribution in [2.75, 3.05) is 5.32 Å². The molecule has 0 aromatic heterocycles. The number of carbonyl (C=O) groups excluding carboxylic acids is 1. The van der Waals surface area contributed by atoms with Gasteiger partial charge in [0.2, 0.25) is 0 Å². The normalized spacial score (nSPS) is 11.5. The second-order valence-electron chi connectivity index (χ2n) is 5.24. The van der Waals surface area contributed by atoms with E-state index in [1.165, 1.54) is 0 Å². The Hall–Kier alpha value is -2.82. The molecule has 0 bridgehead atoms. The summed E-state index contributed by atoms with van der Waals surface area (Å²) in [6, 6.07) is 16.7.